The molecule has 1 N–H and O–H groups in total. The summed E-state index contributed by atoms with van der Waals surface area (Å²) in [5.41, 5.74) is -0.280. The van der Waals surface area contributed by atoms with Gasteiger partial charge in [-0.2, -0.15) is 13.2 Å². The number of nitrogens with zero attached hydrogens (tertiary/aromatic N) is 1. The third-order valence-corrected chi connectivity index (χ3v) is 3.69. The Morgan fingerprint density at radius 3 is 2.83 bits per heavy atom. The van der Waals surface area contributed by atoms with E-state index in [1.54, 1.807) is 12.1 Å². The third kappa shape index (κ3) is 6.05. The Balaban J connectivity index is 1.81. The van der Waals surface area contributed by atoms with Gasteiger partial charge in [-0.05, 0) is 31.7 Å². The van der Waals surface area contributed by atoms with Gasteiger partial charge in [-0.15, -0.1) is 0 Å². The van der Waals surface area contributed by atoms with E-state index in [4.69, 9.17) is 4.74 Å². The van der Waals surface area contributed by atoms with Crippen molar-refractivity contribution in [2.75, 3.05) is 6.61 Å². The van der Waals surface area contributed by atoms with Crippen LogP contribution in [-0.4, -0.2) is 35.4 Å². The van der Waals surface area contributed by atoms with Crippen LogP contribution in [0.25, 0.3) is 0 Å². The van der Waals surface area contributed by atoms with Crippen LogP contribution in [0.15, 0.2) is 29.2 Å². The molecule has 2 atom stereocenters. The lowest BCUT2D eigenvalue weighted by Crippen LogP contribution is -2.43. The van der Waals surface area contributed by atoms with Crippen LogP contribution in [0.1, 0.15) is 25.7 Å². The summed E-state index contributed by atoms with van der Waals surface area (Å²) in [6, 6.07) is 4.36. The summed E-state index contributed by atoms with van der Waals surface area (Å²) in [6.45, 7) is -1.37. The molecule has 0 aliphatic heterocycles. The van der Waals surface area contributed by atoms with E-state index in [1.165, 1.54) is 16.8 Å². The molecule has 1 aliphatic rings. The fourth-order valence-electron chi connectivity index (χ4n) is 2.66. The van der Waals surface area contributed by atoms with Crippen LogP contribution in [0.3, 0.4) is 0 Å². The highest BCUT2D eigenvalue weighted by Gasteiger charge is 2.31. The van der Waals surface area contributed by atoms with E-state index in [-0.39, 0.29) is 24.1 Å². The van der Waals surface area contributed by atoms with E-state index in [0.717, 1.165) is 0 Å². The summed E-state index contributed by atoms with van der Waals surface area (Å²) in [5, 5.41) is 2.76. The second-order valence-electron chi connectivity index (χ2n) is 5.65. The second kappa shape index (κ2) is 7.63. The Morgan fingerprint density at radius 2 is 2.13 bits per heavy atom. The fraction of sp³-hybridized carbons (Fsp3) is 0.600. The lowest BCUT2D eigenvalue weighted by molar-refractivity contribution is -0.188. The minimum Gasteiger partial charge on any atom is -0.369 e. The highest BCUT2D eigenvalue weighted by atomic mass is 19.4. The van der Waals surface area contributed by atoms with Gasteiger partial charge < -0.3 is 14.6 Å². The largest absolute Gasteiger partial charge is 0.411 e. The van der Waals surface area contributed by atoms with Crippen molar-refractivity contribution in [1.82, 2.24) is 9.88 Å². The Labute approximate surface area is 131 Å². The molecule has 1 aromatic heterocycles. The number of carbonyl (C=O) groups is 1. The lowest BCUT2D eigenvalue weighted by Gasteiger charge is -2.30. The zero-order valence-electron chi connectivity index (χ0n) is 12.5. The first-order valence-electron chi connectivity index (χ1n) is 7.47. The monoisotopic (exact) mass is 332 g/mol. The average Bonchev–Trinajstić information content (AvgIpc) is 2.47. The molecule has 1 saturated carbocycles. The molecule has 1 aliphatic carbocycles. The van der Waals surface area contributed by atoms with Crippen LogP contribution in [-0.2, 0) is 16.1 Å². The number of hydrogen-bond donors (Lipinski definition) is 1. The third-order valence-electron chi connectivity index (χ3n) is 3.69. The Kier molecular flexibility index (Phi) is 5.81. The molecule has 0 unspecified atom stereocenters. The predicted molar refractivity (Wildman–Crippen MR) is 76.9 cm³/mol. The number of nitrogens with one attached hydrogen (secondary N) is 1. The molecule has 0 aromatic carbocycles. The molecule has 23 heavy (non-hydrogen) atoms. The van der Waals surface area contributed by atoms with Gasteiger partial charge in [0.15, 0.2) is 0 Å². The molecule has 1 amide bonds. The first-order chi connectivity index (χ1) is 10.8. The van der Waals surface area contributed by atoms with Crippen molar-refractivity contribution in [2.24, 2.45) is 0 Å². The highest BCUT2D eigenvalue weighted by molar-refractivity contribution is 5.76. The van der Waals surface area contributed by atoms with Crippen LogP contribution in [0.5, 0.6) is 0 Å². The second-order valence-corrected chi connectivity index (χ2v) is 5.65. The van der Waals surface area contributed by atoms with Gasteiger partial charge in [-0.3, -0.25) is 9.59 Å². The van der Waals surface area contributed by atoms with Gasteiger partial charge >= 0.3 is 6.18 Å². The summed E-state index contributed by atoms with van der Waals surface area (Å²) in [7, 11) is 0. The van der Waals surface area contributed by atoms with Gasteiger partial charge in [0.1, 0.15) is 13.2 Å². The van der Waals surface area contributed by atoms with Crippen molar-refractivity contribution in [3.05, 3.63) is 34.7 Å². The fourth-order valence-corrected chi connectivity index (χ4v) is 2.66. The number of amides is 1. The molecule has 8 heteroatoms. The van der Waals surface area contributed by atoms with Crippen molar-refractivity contribution in [2.45, 2.75) is 50.6 Å². The molecule has 0 radical (unpaired) electrons. The van der Waals surface area contributed by atoms with Gasteiger partial charge in [-0.1, -0.05) is 6.07 Å². The predicted octanol–water partition coefficient (Wildman–Crippen LogP) is 1.85. The first kappa shape index (κ1) is 17.5. The minimum atomic E-state index is -4.34. The van der Waals surface area contributed by atoms with E-state index >= 15 is 0 Å². The number of rotatable bonds is 5. The summed E-state index contributed by atoms with van der Waals surface area (Å²) in [4.78, 5) is 23.5. The normalized spacial score (nSPS) is 21.9. The van der Waals surface area contributed by atoms with Crippen LogP contribution in [0, 0.1) is 0 Å². The van der Waals surface area contributed by atoms with E-state index in [1.807, 2.05) is 0 Å². The molecular formula is C15H19F3N2O3. The van der Waals surface area contributed by atoms with E-state index in [0.29, 0.717) is 25.7 Å². The number of aromatic nitrogens is 1. The summed E-state index contributed by atoms with van der Waals surface area (Å²) >= 11 is 0. The van der Waals surface area contributed by atoms with Crippen molar-refractivity contribution in [3.63, 3.8) is 0 Å². The Bertz CT molecular complexity index is 586. The number of alkyl halides is 3. The maximum absolute atomic E-state index is 12.2. The van der Waals surface area contributed by atoms with Crippen molar-refractivity contribution in [3.8, 4) is 0 Å². The molecule has 5 nitrogen and oxygen atoms in total. The summed E-state index contributed by atoms with van der Waals surface area (Å²) < 4.78 is 42.7. The van der Waals surface area contributed by atoms with Gasteiger partial charge in [0.05, 0.1) is 6.10 Å². The summed E-state index contributed by atoms with van der Waals surface area (Å²) in [6.07, 6.45) is -1.04. The molecule has 0 saturated heterocycles. The standard InChI is InChI=1S/C15H19F3N2O3/c16-15(17,18)10-23-12-5-3-4-11(8-12)19-13(21)9-20-7-2-1-6-14(20)22/h1-2,6-7,11-12H,3-5,8-10H2,(H,19,21)/t11-,12-/m0/s1. The Morgan fingerprint density at radius 1 is 1.35 bits per heavy atom. The number of hydrogen-bond acceptors (Lipinski definition) is 3. The number of halogens is 3. The van der Waals surface area contributed by atoms with Gasteiger partial charge in [-0.25, -0.2) is 0 Å². The van der Waals surface area contributed by atoms with Gasteiger partial charge in [0, 0.05) is 18.3 Å². The zero-order chi connectivity index (χ0) is 16.9. The van der Waals surface area contributed by atoms with E-state index < -0.39 is 18.9 Å². The van der Waals surface area contributed by atoms with Crippen molar-refractivity contribution >= 4 is 5.91 Å². The molecule has 1 heterocycles. The van der Waals surface area contributed by atoms with Crippen molar-refractivity contribution in [1.29, 1.82) is 0 Å². The molecular weight excluding hydrogens is 313 g/mol. The van der Waals surface area contributed by atoms with Gasteiger partial charge in [0.2, 0.25) is 5.91 Å². The molecule has 2 rings (SSSR count). The number of carbonyl (C=O) groups excluding carboxylic acids is 1. The zero-order valence-corrected chi connectivity index (χ0v) is 12.5. The molecule has 0 bridgehead atoms. The quantitative estimate of drug-likeness (QED) is 0.895. The van der Waals surface area contributed by atoms with Crippen LogP contribution in [0.2, 0.25) is 0 Å². The lowest BCUT2D eigenvalue weighted by atomic mass is 9.93. The maximum atomic E-state index is 12.2. The first-order valence-corrected chi connectivity index (χ1v) is 7.47. The Hall–Kier alpha value is -1.83. The van der Waals surface area contributed by atoms with Crippen LogP contribution in [0.4, 0.5) is 13.2 Å². The smallest absolute Gasteiger partial charge is 0.369 e. The van der Waals surface area contributed by atoms with Crippen LogP contribution < -0.4 is 10.9 Å². The molecule has 0 spiro atoms. The van der Waals surface area contributed by atoms with Gasteiger partial charge in [0.25, 0.3) is 5.56 Å². The van der Waals surface area contributed by atoms with E-state index in [9.17, 15) is 22.8 Å². The van der Waals surface area contributed by atoms with Crippen LogP contribution >= 0.6 is 0 Å². The summed E-state index contributed by atoms with van der Waals surface area (Å²) in [5.74, 6) is -0.334. The van der Waals surface area contributed by atoms with E-state index in [2.05, 4.69) is 5.32 Å². The molecule has 128 valence electrons. The number of ether oxygens (including phenoxy) is 1. The van der Waals surface area contributed by atoms with Crippen molar-refractivity contribution < 1.29 is 22.7 Å². The maximum Gasteiger partial charge on any atom is 0.411 e. The SMILES string of the molecule is O=C(Cn1ccccc1=O)N[C@H]1CCC[C@H](OCC(F)(F)F)C1. The molecule has 1 fully saturated rings. The highest BCUT2D eigenvalue weighted by Crippen LogP contribution is 2.24. The molecule has 1 aromatic rings. The number of pyridine rings is 1. The minimum absolute atomic E-state index is 0.107. The topological polar surface area (TPSA) is 60.3 Å². The average molecular weight is 332 g/mol.